The normalized spacial score (nSPS) is 15.6. The quantitative estimate of drug-likeness (QED) is 0.290. The predicted octanol–water partition coefficient (Wildman–Crippen LogP) is 3.97. The van der Waals surface area contributed by atoms with Crippen LogP contribution in [0.1, 0.15) is 41.8 Å². The number of nitrogens with one attached hydrogen (secondary N) is 1. The fourth-order valence-corrected chi connectivity index (χ4v) is 4.08. The van der Waals surface area contributed by atoms with Gasteiger partial charge in [-0.25, -0.2) is 0 Å². The Morgan fingerprint density at radius 1 is 1.19 bits per heavy atom. The molecular weight excluding hydrogens is 439 g/mol. The molecule has 0 saturated carbocycles. The van der Waals surface area contributed by atoms with Gasteiger partial charge in [0.25, 0.3) is 0 Å². The predicted molar refractivity (Wildman–Crippen MR) is 120 cm³/mol. The molecule has 0 spiro atoms. The van der Waals surface area contributed by atoms with E-state index in [4.69, 9.17) is 49.6 Å². The Hall–Kier alpha value is -2.65. The maximum atomic E-state index is 8.65. The highest BCUT2D eigenvalue weighted by Gasteiger charge is 2.20. The number of nitrogen functional groups attached to an aromatic ring is 1. The van der Waals surface area contributed by atoms with Crippen LogP contribution in [-0.2, 0) is 4.74 Å². The molecule has 8 nitrogen and oxygen atoms in total. The number of benzene rings is 1. The van der Waals surface area contributed by atoms with Crippen molar-refractivity contribution in [2.45, 2.75) is 25.1 Å². The van der Waals surface area contributed by atoms with Gasteiger partial charge < -0.3 is 15.2 Å². The number of hydrogen-bond acceptors (Lipinski definition) is 7. The molecule has 162 valence electrons. The summed E-state index contributed by atoms with van der Waals surface area (Å²) in [5.41, 5.74) is 14.6. The number of rotatable bonds is 6. The van der Waals surface area contributed by atoms with Crippen molar-refractivity contribution in [1.82, 2.24) is 14.8 Å². The Morgan fingerprint density at radius 2 is 1.90 bits per heavy atom. The fraction of sp³-hybridized carbons (Fsp3) is 0.286. The van der Waals surface area contributed by atoms with Crippen LogP contribution in [0.5, 0.6) is 5.75 Å². The van der Waals surface area contributed by atoms with Crippen molar-refractivity contribution in [3.8, 4) is 5.75 Å². The zero-order valence-corrected chi connectivity index (χ0v) is 18.1. The zero-order chi connectivity index (χ0) is 22.0. The summed E-state index contributed by atoms with van der Waals surface area (Å²) in [6.45, 7) is 1.44. The van der Waals surface area contributed by atoms with Gasteiger partial charge in [0.1, 0.15) is 5.75 Å². The minimum absolute atomic E-state index is 0.245. The van der Waals surface area contributed by atoms with Crippen LogP contribution in [0, 0.1) is 5.41 Å². The summed E-state index contributed by atoms with van der Waals surface area (Å²) in [4.78, 5) is 3.92. The number of anilines is 1. The Bertz CT molecular complexity index is 1080. The van der Waals surface area contributed by atoms with E-state index in [1.807, 2.05) is 10.9 Å². The van der Waals surface area contributed by atoms with E-state index in [9.17, 15) is 0 Å². The van der Waals surface area contributed by atoms with E-state index in [1.165, 1.54) is 12.4 Å². The summed E-state index contributed by atoms with van der Waals surface area (Å²) in [5.74, 6) is 0.433. The van der Waals surface area contributed by atoms with Gasteiger partial charge in [0.2, 0.25) is 0 Å². The molecule has 5 N–H and O–H groups in total. The molecule has 31 heavy (non-hydrogen) atoms. The number of nitrogens with zero attached hydrogens (tertiary/aromatic N) is 3. The molecule has 0 amide bonds. The van der Waals surface area contributed by atoms with E-state index in [-0.39, 0.29) is 11.8 Å². The van der Waals surface area contributed by atoms with E-state index >= 15 is 0 Å². The lowest BCUT2D eigenvalue weighted by molar-refractivity contribution is 0.0662. The fourth-order valence-electron chi connectivity index (χ4n) is 3.50. The SMILES string of the molecule is N=C(c1cnn(C2CCOCC2)c1)c1cc(O[C@H](N)c2c(Cl)cncc2Cl)ccc1N. The van der Waals surface area contributed by atoms with Crippen molar-refractivity contribution < 1.29 is 9.47 Å². The number of ether oxygens (including phenoxy) is 2. The van der Waals surface area contributed by atoms with Crippen molar-refractivity contribution in [3.63, 3.8) is 0 Å². The minimum atomic E-state index is -0.912. The summed E-state index contributed by atoms with van der Waals surface area (Å²) < 4.78 is 13.1. The molecule has 10 heteroatoms. The topological polar surface area (TPSA) is 125 Å². The maximum Gasteiger partial charge on any atom is 0.177 e. The second-order valence-corrected chi connectivity index (χ2v) is 8.05. The summed E-state index contributed by atoms with van der Waals surface area (Å²) >= 11 is 12.3. The molecule has 0 aliphatic carbocycles. The van der Waals surface area contributed by atoms with Crippen LogP contribution in [0.15, 0.2) is 43.0 Å². The number of nitrogens with two attached hydrogens (primary N) is 2. The van der Waals surface area contributed by atoms with Gasteiger partial charge in [-0.05, 0) is 31.0 Å². The van der Waals surface area contributed by atoms with Crippen molar-refractivity contribution in [3.05, 3.63) is 69.7 Å². The van der Waals surface area contributed by atoms with Crippen molar-refractivity contribution in [2.24, 2.45) is 5.73 Å². The van der Waals surface area contributed by atoms with Crippen LogP contribution >= 0.6 is 23.2 Å². The van der Waals surface area contributed by atoms with Crippen LogP contribution in [0.2, 0.25) is 10.0 Å². The van der Waals surface area contributed by atoms with Gasteiger partial charge in [-0.15, -0.1) is 0 Å². The van der Waals surface area contributed by atoms with E-state index < -0.39 is 6.23 Å². The van der Waals surface area contributed by atoms with Crippen LogP contribution in [-0.4, -0.2) is 33.7 Å². The zero-order valence-electron chi connectivity index (χ0n) is 16.6. The van der Waals surface area contributed by atoms with Crippen LogP contribution in [0.25, 0.3) is 0 Å². The number of pyridine rings is 1. The standard InChI is InChI=1S/C21H22Cl2N6O2/c22-16-9-27-10-17(23)19(16)21(26)31-14-1-2-18(24)15(7-14)20(25)12-8-28-29(11-12)13-3-5-30-6-4-13/h1-2,7-11,13,21,25H,3-6,24,26H2/t21-/m0/s1. The number of hydrogen-bond donors (Lipinski definition) is 3. The Morgan fingerprint density at radius 3 is 2.61 bits per heavy atom. The molecule has 1 atom stereocenters. The van der Waals surface area contributed by atoms with Gasteiger partial charge in [-0.2, -0.15) is 5.10 Å². The first-order chi connectivity index (χ1) is 14.9. The second-order valence-electron chi connectivity index (χ2n) is 7.23. The van der Waals surface area contributed by atoms with Crippen LogP contribution < -0.4 is 16.2 Å². The molecule has 1 aliphatic heterocycles. The lowest BCUT2D eigenvalue weighted by atomic mass is 10.0. The van der Waals surface area contributed by atoms with Gasteiger partial charge in [0, 0.05) is 54.2 Å². The molecule has 3 aromatic rings. The van der Waals surface area contributed by atoms with Gasteiger partial charge in [-0.1, -0.05) is 23.2 Å². The molecule has 1 aromatic carbocycles. The van der Waals surface area contributed by atoms with Gasteiger partial charge >= 0.3 is 0 Å². The van der Waals surface area contributed by atoms with E-state index in [2.05, 4.69) is 10.1 Å². The molecule has 1 fully saturated rings. The lowest BCUT2D eigenvalue weighted by Crippen LogP contribution is -2.20. The van der Waals surface area contributed by atoms with Gasteiger partial charge in [0.05, 0.1) is 28.0 Å². The summed E-state index contributed by atoms with van der Waals surface area (Å²) in [6.07, 6.45) is 7.33. The van der Waals surface area contributed by atoms with Gasteiger partial charge in [-0.3, -0.25) is 20.8 Å². The average molecular weight is 461 g/mol. The van der Waals surface area contributed by atoms with Crippen LogP contribution in [0.4, 0.5) is 5.69 Å². The Kier molecular flexibility index (Phi) is 6.43. The van der Waals surface area contributed by atoms with Crippen molar-refractivity contribution in [1.29, 1.82) is 5.41 Å². The first-order valence-corrected chi connectivity index (χ1v) is 10.5. The molecule has 3 heterocycles. The molecule has 1 saturated heterocycles. The molecule has 0 bridgehead atoms. The third-order valence-electron chi connectivity index (χ3n) is 5.19. The first kappa shape index (κ1) is 21.6. The second kappa shape index (κ2) is 9.23. The minimum Gasteiger partial charge on any atom is -0.471 e. The summed E-state index contributed by atoms with van der Waals surface area (Å²) in [7, 11) is 0. The van der Waals surface area contributed by atoms with E-state index in [0.29, 0.717) is 38.2 Å². The highest BCUT2D eigenvalue weighted by Crippen LogP contribution is 2.31. The van der Waals surface area contributed by atoms with Crippen molar-refractivity contribution >= 4 is 34.6 Å². The highest BCUT2D eigenvalue weighted by atomic mass is 35.5. The highest BCUT2D eigenvalue weighted by molar-refractivity contribution is 6.35. The average Bonchev–Trinajstić information content (AvgIpc) is 3.25. The maximum absolute atomic E-state index is 8.65. The monoisotopic (exact) mass is 460 g/mol. The molecule has 2 aromatic heterocycles. The molecular formula is C21H22Cl2N6O2. The molecule has 4 rings (SSSR count). The summed E-state index contributed by atoms with van der Waals surface area (Å²) in [6, 6.07) is 5.30. The van der Waals surface area contributed by atoms with Crippen LogP contribution in [0.3, 0.4) is 0 Å². The Labute approximate surface area is 189 Å². The van der Waals surface area contributed by atoms with E-state index in [1.54, 1.807) is 24.4 Å². The molecule has 0 radical (unpaired) electrons. The lowest BCUT2D eigenvalue weighted by Gasteiger charge is -2.22. The third kappa shape index (κ3) is 4.67. The Balaban J connectivity index is 1.55. The number of aromatic nitrogens is 3. The number of halogens is 2. The summed E-state index contributed by atoms with van der Waals surface area (Å²) in [5, 5.41) is 13.7. The molecule has 1 aliphatic rings. The van der Waals surface area contributed by atoms with Crippen molar-refractivity contribution in [2.75, 3.05) is 18.9 Å². The first-order valence-electron chi connectivity index (χ1n) is 9.76. The van der Waals surface area contributed by atoms with E-state index in [0.717, 1.165) is 26.1 Å². The van der Waals surface area contributed by atoms with Gasteiger partial charge in [0.15, 0.2) is 6.23 Å². The largest absolute Gasteiger partial charge is 0.471 e. The molecule has 0 unspecified atom stereocenters. The smallest absolute Gasteiger partial charge is 0.177 e. The third-order valence-corrected chi connectivity index (χ3v) is 5.79.